The third kappa shape index (κ3) is 2.91. The zero-order valence-electron chi connectivity index (χ0n) is 14.4. The van der Waals surface area contributed by atoms with Crippen LogP contribution >= 0.6 is 11.6 Å². The van der Waals surface area contributed by atoms with Crippen LogP contribution in [-0.4, -0.2) is 45.8 Å². The van der Waals surface area contributed by atoms with Crippen molar-refractivity contribution in [2.24, 2.45) is 0 Å². The zero-order chi connectivity index (χ0) is 17.4. The lowest BCUT2D eigenvalue weighted by atomic mass is 10.1. The molecule has 2 aromatic heterocycles. The quantitative estimate of drug-likeness (QED) is 0.780. The summed E-state index contributed by atoms with van der Waals surface area (Å²) in [5.74, 6) is 0.980. The maximum atomic E-state index is 6.15. The Bertz CT molecular complexity index is 892. The monoisotopic (exact) mass is 356 g/mol. The summed E-state index contributed by atoms with van der Waals surface area (Å²) in [6, 6.07) is 8.38. The lowest BCUT2D eigenvalue weighted by Crippen LogP contribution is -2.52. The zero-order valence-corrected chi connectivity index (χ0v) is 15.2. The molecule has 25 heavy (non-hydrogen) atoms. The molecule has 1 aliphatic rings. The van der Waals surface area contributed by atoms with Gasteiger partial charge < -0.3 is 9.80 Å². The molecule has 4 rings (SSSR count). The number of piperazine rings is 1. The predicted octanol–water partition coefficient (Wildman–Crippen LogP) is 3.28. The average Bonchev–Trinajstić information content (AvgIpc) is 3.05. The van der Waals surface area contributed by atoms with Gasteiger partial charge in [-0.25, -0.2) is 9.97 Å². The van der Waals surface area contributed by atoms with Crippen molar-refractivity contribution in [1.29, 1.82) is 0 Å². The van der Waals surface area contributed by atoms with E-state index >= 15 is 0 Å². The van der Waals surface area contributed by atoms with E-state index in [0.717, 1.165) is 53.6 Å². The van der Waals surface area contributed by atoms with Gasteiger partial charge in [0.15, 0.2) is 5.65 Å². The molecule has 0 bridgehead atoms. The highest BCUT2D eigenvalue weighted by Gasteiger charge is 2.27. The molecule has 6 nitrogen and oxygen atoms in total. The van der Waals surface area contributed by atoms with Crippen molar-refractivity contribution in [3.05, 3.63) is 41.3 Å². The maximum Gasteiger partial charge on any atom is 0.160 e. The largest absolute Gasteiger partial charge is 0.368 e. The van der Waals surface area contributed by atoms with Gasteiger partial charge in [-0.05, 0) is 31.5 Å². The molecular weight excluding hydrogens is 336 g/mol. The van der Waals surface area contributed by atoms with Gasteiger partial charge in [0, 0.05) is 36.4 Å². The molecular formula is C18H21ClN6. The molecule has 3 heterocycles. The number of benzene rings is 1. The van der Waals surface area contributed by atoms with E-state index in [0.29, 0.717) is 6.04 Å². The molecule has 0 amide bonds. The number of rotatable bonds is 3. The van der Waals surface area contributed by atoms with Gasteiger partial charge in [-0.15, -0.1) is 0 Å². The fraction of sp³-hybridized carbons (Fsp3) is 0.389. The van der Waals surface area contributed by atoms with Crippen LogP contribution in [0.15, 0.2) is 30.6 Å². The number of aryl methyl sites for hydroxylation is 1. The predicted molar refractivity (Wildman–Crippen MR) is 102 cm³/mol. The number of halogens is 1. The van der Waals surface area contributed by atoms with Crippen molar-refractivity contribution < 1.29 is 0 Å². The highest BCUT2D eigenvalue weighted by Crippen LogP contribution is 2.29. The van der Waals surface area contributed by atoms with E-state index in [1.54, 1.807) is 6.33 Å². The van der Waals surface area contributed by atoms with Crippen molar-refractivity contribution in [3.63, 3.8) is 0 Å². The molecule has 0 spiro atoms. The van der Waals surface area contributed by atoms with Gasteiger partial charge in [-0.2, -0.15) is 5.10 Å². The fourth-order valence-electron chi connectivity index (χ4n) is 3.56. The molecule has 0 radical (unpaired) electrons. The molecule has 1 aliphatic heterocycles. The summed E-state index contributed by atoms with van der Waals surface area (Å²) >= 11 is 6.15. The van der Waals surface area contributed by atoms with E-state index < -0.39 is 0 Å². The second kappa shape index (κ2) is 6.52. The van der Waals surface area contributed by atoms with Gasteiger partial charge in [0.1, 0.15) is 12.1 Å². The van der Waals surface area contributed by atoms with Crippen LogP contribution in [0.4, 0.5) is 11.5 Å². The first kappa shape index (κ1) is 16.1. The molecule has 1 aromatic carbocycles. The highest BCUT2D eigenvalue weighted by atomic mass is 35.5. The molecule has 0 saturated carbocycles. The topological polar surface area (TPSA) is 60.9 Å². The smallest absolute Gasteiger partial charge is 0.160 e. The van der Waals surface area contributed by atoms with Crippen molar-refractivity contribution in [2.75, 3.05) is 29.4 Å². The van der Waals surface area contributed by atoms with Gasteiger partial charge in [0.2, 0.25) is 0 Å². The minimum absolute atomic E-state index is 0.324. The molecule has 1 unspecified atom stereocenters. The number of hydrogen-bond donors (Lipinski definition) is 1. The summed E-state index contributed by atoms with van der Waals surface area (Å²) in [6.45, 7) is 7.08. The number of aromatic nitrogens is 4. The van der Waals surface area contributed by atoms with Crippen molar-refractivity contribution in [1.82, 2.24) is 20.2 Å². The lowest BCUT2D eigenvalue weighted by molar-refractivity contribution is 0.547. The van der Waals surface area contributed by atoms with Crippen LogP contribution in [0, 0.1) is 0 Å². The molecule has 7 heteroatoms. The van der Waals surface area contributed by atoms with Crippen LogP contribution < -0.4 is 9.80 Å². The van der Waals surface area contributed by atoms with Gasteiger partial charge in [0.05, 0.1) is 11.1 Å². The fourth-order valence-corrected chi connectivity index (χ4v) is 3.74. The van der Waals surface area contributed by atoms with Crippen LogP contribution in [0.2, 0.25) is 5.02 Å². The molecule has 3 aromatic rings. The molecule has 1 N–H and O–H groups in total. The second-order valence-electron chi connectivity index (χ2n) is 6.41. The van der Waals surface area contributed by atoms with E-state index in [-0.39, 0.29) is 0 Å². The first-order valence-corrected chi connectivity index (χ1v) is 9.00. The number of anilines is 2. The summed E-state index contributed by atoms with van der Waals surface area (Å²) in [5.41, 5.74) is 3.01. The van der Waals surface area contributed by atoms with Crippen molar-refractivity contribution >= 4 is 34.1 Å². The standard InChI is InChI=1S/C18H21ClN6/c1-3-15-16-17(23-22-15)20-11-21-18(16)25-8-7-24(10-12(25)2)14-6-4-5-13(19)9-14/h4-6,9,11-12H,3,7-8,10H2,1-2H3,(H,20,21,22,23). The Hall–Kier alpha value is -2.34. The van der Waals surface area contributed by atoms with E-state index in [1.165, 1.54) is 5.69 Å². The minimum Gasteiger partial charge on any atom is -0.368 e. The number of H-pyrrole nitrogens is 1. The van der Waals surface area contributed by atoms with Crippen molar-refractivity contribution in [3.8, 4) is 0 Å². The summed E-state index contributed by atoms with van der Waals surface area (Å²) in [6.07, 6.45) is 2.47. The van der Waals surface area contributed by atoms with Crippen molar-refractivity contribution in [2.45, 2.75) is 26.3 Å². The van der Waals surface area contributed by atoms with Gasteiger partial charge in [0.25, 0.3) is 0 Å². The van der Waals surface area contributed by atoms with Gasteiger partial charge >= 0.3 is 0 Å². The van der Waals surface area contributed by atoms with E-state index in [2.05, 4.69) is 49.9 Å². The highest BCUT2D eigenvalue weighted by molar-refractivity contribution is 6.30. The van der Waals surface area contributed by atoms with Crippen LogP contribution in [0.1, 0.15) is 19.5 Å². The first-order chi connectivity index (χ1) is 12.2. The number of fused-ring (bicyclic) bond motifs is 1. The summed E-state index contributed by atoms with van der Waals surface area (Å²) in [7, 11) is 0. The van der Waals surface area contributed by atoms with Crippen LogP contribution in [0.5, 0.6) is 0 Å². The third-order valence-corrected chi connectivity index (χ3v) is 5.06. The van der Waals surface area contributed by atoms with E-state index in [9.17, 15) is 0 Å². The number of aromatic amines is 1. The third-order valence-electron chi connectivity index (χ3n) is 4.82. The Kier molecular flexibility index (Phi) is 4.21. The van der Waals surface area contributed by atoms with Gasteiger partial charge in [-0.1, -0.05) is 24.6 Å². The number of nitrogens with one attached hydrogen (secondary N) is 1. The Morgan fingerprint density at radius 2 is 2.16 bits per heavy atom. The number of hydrogen-bond acceptors (Lipinski definition) is 5. The number of nitrogens with zero attached hydrogens (tertiary/aromatic N) is 5. The van der Waals surface area contributed by atoms with Crippen LogP contribution in [0.3, 0.4) is 0 Å². The maximum absolute atomic E-state index is 6.15. The normalized spacial score (nSPS) is 18.1. The summed E-state index contributed by atoms with van der Waals surface area (Å²) in [4.78, 5) is 13.6. The van der Waals surface area contributed by atoms with Gasteiger partial charge in [-0.3, -0.25) is 5.10 Å². The minimum atomic E-state index is 0.324. The Labute approximate surface area is 151 Å². The SMILES string of the molecule is CCc1n[nH]c2ncnc(N3CCN(c4cccc(Cl)c4)CC3C)c12. The van der Waals surface area contributed by atoms with Crippen LogP contribution in [0.25, 0.3) is 11.0 Å². The van der Waals surface area contributed by atoms with E-state index in [1.807, 2.05) is 18.2 Å². The molecule has 1 atom stereocenters. The molecule has 130 valence electrons. The lowest BCUT2D eigenvalue weighted by Gasteiger charge is -2.41. The first-order valence-electron chi connectivity index (χ1n) is 8.62. The average molecular weight is 357 g/mol. The molecule has 1 fully saturated rings. The Balaban J connectivity index is 1.63. The Morgan fingerprint density at radius 3 is 2.92 bits per heavy atom. The van der Waals surface area contributed by atoms with E-state index in [4.69, 9.17) is 11.6 Å². The molecule has 0 aliphatic carbocycles. The van der Waals surface area contributed by atoms with Crippen LogP contribution in [-0.2, 0) is 6.42 Å². The summed E-state index contributed by atoms with van der Waals surface area (Å²) in [5, 5.41) is 9.23. The second-order valence-corrected chi connectivity index (χ2v) is 6.85. The Morgan fingerprint density at radius 1 is 1.28 bits per heavy atom. The molecule has 1 saturated heterocycles. The summed E-state index contributed by atoms with van der Waals surface area (Å²) < 4.78 is 0.